The molecule has 5 heteroatoms. The molecular formula is C15H15BrN2O2. The number of carbonyl (C=O) groups is 1. The fourth-order valence-corrected chi connectivity index (χ4v) is 2.29. The number of aromatic carboxylic acids is 1. The smallest absolute Gasteiger partial charge is 0.337 e. The zero-order valence-corrected chi connectivity index (χ0v) is 12.9. The molecule has 0 radical (unpaired) electrons. The molecule has 1 heterocycles. The lowest BCUT2D eigenvalue weighted by Gasteiger charge is -2.20. The van der Waals surface area contributed by atoms with Gasteiger partial charge in [-0.2, -0.15) is 0 Å². The molecule has 1 aromatic carbocycles. The van der Waals surface area contributed by atoms with Crippen molar-refractivity contribution in [1.29, 1.82) is 0 Å². The Bertz CT molecular complexity index is 626. The first-order chi connectivity index (χ1) is 9.47. The van der Waals surface area contributed by atoms with Gasteiger partial charge in [0.25, 0.3) is 0 Å². The van der Waals surface area contributed by atoms with E-state index >= 15 is 0 Å². The molecule has 0 saturated heterocycles. The van der Waals surface area contributed by atoms with E-state index in [1.54, 1.807) is 6.07 Å². The Morgan fingerprint density at radius 2 is 2.00 bits per heavy atom. The van der Waals surface area contributed by atoms with Crippen molar-refractivity contribution in [2.75, 3.05) is 11.9 Å². The van der Waals surface area contributed by atoms with Gasteiger partial charge in [0.15, 0.2) is 0 Å². The van der Waals surface area contributed by atoms with Crippen molar-refractivity contribution in [2.45, 2.75) is 13.5 Å². The minimum atomic E-state index is -0.956. The van der Waals surface area contributed by atoms with Gasteiger partial charge in [-0.25, -0.2) is 9.78 Å². The van der Waals surface area contributed by atoms with Crippen LogP contribution in [0.5, 0.6) is 0 Å². The highest BCUT2D eigenvalue weighted by Crippen LogP contribution is 2.19. The topological polar surface area (TPSA) is 53.4 Å². The van der Waals surface area contributed by atoms with Crippen molar-refractivity contribution in [3.63, 3.8) is 0 Å². The van der Waals surface area contributed by atoms with Crippen LogP contribution >= 0.6 is 15.9 Å². The lowest BCUT2D eigenvalue weighted by molar-refractivity contribution is 0.0696. The quantitative estimate of drug-likeness (QED) is 0.929. The third kappa shape index (κ3) is 3.36. The number of rotatable bonds is 4. The molecule has 0 saturated carbocycles. The second kappa shape index (κ2) is 6.05. The van der Waals surface area contributed by atoms with Crippen LogP contribution in [0.2, 0.25) is 0 Å². The van der Waals surface area contributed by atoms with E-state index in [1.165, 1.54) is 11.8 Å². The molecule has 0 fully saturated rings. The average molecular weight is 335 g/mol. The third-order valence-corrected chi connectivity index (χ3v) is 3.52. The van der Waals surface area contributed by atoms with Gasteiger partial charge in [-0.15, -0.1) is 0 Å². The fraction of sp³-hybridized carbons (Fsp3) is 0.200. The van der Waals surface area contributed by atoms with Gasteiger partial charge in [-0.1, -0.05) is 28.1 Å². The van der Waals surface area contributed by atoms with E-state index in [0.717, 1.165) is 15.9 Å². The van der Waals surface area contributed by atoms with Crippen molar-refractivity contribution in [3.05, 3.63) is 57.7 Å². The van der Waals surface area contributed by atoms with Crippen molar-refractivity contribution < 1.29 is 9.90 Å². The lowest BCUT2D eigenvalue weighted by atomic mass is 10.1. The predicted molar refractivity (Wildman–Crippen MR) is 82.2 cm³/mol. The molecule has 0 aliphatic carbocycles. The van der Waals surface area contributed by atoms with Gasteiger partial charge in [0.1, 0.15) is 5.82 Å². The van der Waals surface area contributed by atoms with E-state index < -0.39 is 5.97 Å². The summed E-state index contributed by atoms with van der Waals surface area (Å²) in [6, 6.07) is 9.72. The number of aromatic nitrogens is 1. The molecular weight excluding hydrogens is 320 g/mol. The molecule has 104 valence electrons. The largest absolute Gasteiger partial charge is 0.478 e. The number of anilines is 1. The summed E-state index contributed by atoms with van der Waals surface area (Å²) in [6.07, 6.45) is 1.39. The second-order valence-electron chi connectivity index (χ2n) is 4.65. The van der Waals surface area contributed by atoms with Crippen LogP contribution in [0.3, 0.4) is 0 Å². The standard InChI is InChI=1S/C15H15BrN2O2/c1-10-7-12(15(19)20)8-17-14(10)18(2)9-11-3-5-13(16)6-4-11/h3-8H,9H2,1-2H3,(H,19,20). The third-order valence-electron chi connectivity index (χ3n) is 2.99. The molecule has 20 heavy (non-hydrogen) atoms. The molecule has 0 bridgehead atoms. The van der Waals surface area contributed by atoms with Gasteiger partial charge in [0.05, 0.1) is 5.56 Å². The maximum absolute atomic E-state index is 10.9. The van der Waals surface area contributed by atoms with Gasteiger partial charge in [0.2, 0.25) is 0 Å². The number of carboxylic acids is 1. The molecule has 2 aromatic rings. The highest BCUT2D eigenvalue weighted by molar-refractivity contribution is 9.10. The second-order valence-corrected chi connectivity index (χ2v) is 5.57. The maximum atomic E-state index is 10.9. The van der Waals surface area contributed by atoms with Crippen molar-refractivity contribution >= 4 is 27.7 Å². The van der Waals surface area contributed by atoms with E-state index in [2.05, 4.69) is 20.9 Å². The van der Waals surface area contributed by atoms with E-state index in [-0.39, 0.29) is 5.56 Å². The molecule has 0 atom stereocenters. The van der Waals surface area contributed by atoms with Crippen molar-refractivity contribution in [1.82, 2.24) is 4.98 Å². The highest BCUT2D eigenvalue weighted by Gasteiger charge is 2.10. The lowest BCUT2D eigenvalue weighted by Crippen LogP contribution is -2.19. The van der Waals surface area contributed by atoms with Gasteiger partial charge < -0.3 is 10.0 Å². The Labute approximate surface area is 126 Å². The highest BCUT2D eigenvalue weighted by atomic mass is 79.9. The van der Waals surface area contributed by atoms with E-state index in [9.17, 15) is 4.79 Å². The summed E-state index contributed by atoms with van der Waals surface area (Å²) in [5.74, 6) is -0.166. The number of carboxylic acid groups (broad SMARTS) is 1. The van der Waals surface area contributed by atoms with Crippen LogP contribution in [-0.4, -0.2) is 23.1 Å². The van der Waals surface area contributed by atoms with Crippen molar-refractivity contribution in [3.8, 4) is 0 Å². The van der Waals surface area contributed by atoms with Crippen LogP contribution in [0.25, 0.3) is 0 Å². The summed E-state index contributed by atoms with van der Waals surface area (Å²) in [5.41, 5.74) is 2.23. The Kier molecular flexibility index (Phi) is 4.39. The summed E-state index contributed by atoms with van der Waals surface area (Å²) < 4.78 is 1.05. The van der Waals surface area contributed by atoms with E-state index in [0.29, 0.717) is 6.54 Å². The molecule has 0 aliphatic heterocycles. The number of nitrogens with zero attached hydrogens (tertiary/aromatic N) is 2. The average Bonchev–Trinajstić information content (AvgIpc) is 2.41. The van der Waals surface area contributed by atoms with E-state index in [4.69, 9.17) is 5.11 Å². The molecule has 4 nitrogen and oxygen atoms in total. The molecule has 0 unspecified atom stereocenters. The normalized spacial score (nSPS) is 10.3. The predicted octanol–water partition coefficient (Wildman–Crippen LogP) is 3.49. The van der Waals surface area contributed by atoms with Gasteiger partial charge in [0, 0.05) is 24.3 Å². The van der Waals surface area contributed by atoms with Gasteiger partial charge in [-0.3, -0.25) is 0 Å². The Balaban J connectivity index is 2.18. The first-order valence-electron chi connectivity index (χ1n) is 6.13. The summed E-state index contributed by atoms with van der Waals surface area (Å²) in [7, 11) is 1.94. The molecule has 0 amide bonds. The van der Waals surface area contributed by atoms with Crippen LogP contribution in [-0.2, 0) is 6.54 Å². The zero-order valence-electron chi connectivity index (χ0n) is 11.3. The summed E-state index contributed by atoms with van der Waals surface area (Å²) in [5, 5.41) is 8.94. The molecule has 0 spiro atoms. The number of benzene rings is 1. The minimum Gasteiger partial charge on any atom is -0.478 e. The summed E-state index contributed by atoms with van der Waals surface area (Å²) in [4.78, 5) is 17.2. The molecule has 0 aliphatic rings. The number of aryl methyl sites for hydroxylation is 1. The first kappa shape index (κ1) is 14.5. The summed E-state index contributed by atoms with van der Waals surface area (Å²) >= 11 is 3.41. The van der Waals surface area contributed by atoms with Crippen LogP contribution in [0.15, 0.2) is 41.0 Å². The Hall–Kier alpha value is -1.88. The number of pyridine rings is 1. The van der Waals surface area contributed by atoms with Crippen LogP contribution in [0, 0.1) is 6.92 Å². The Morgan fingerprint density at radius 1 is 1.35 bits per heavy atom. The molecule has 1 aromatic heterocycles. The zero-order chi connectivity index (χ0) is 14.7. The number of halogens is 1. The molecule has 2 rings (SSSR count). The number of hydrogen-bond acceptors (Lipinski definition) is 3. The monoisotopic (exact) mass is 334 g/mol. The Morgan fingerprint density at radius 3 is 2.55 bits per heavy atom. The SMILES string of the molecule is Cc1cc(C(=O)O)cnc1N(C)Cc1ccc(Br)cc1. The van der Waals surface area contributed by atoms with E-state index in [1.807, 2.05) is 43.1 Å². The van der Waals surface area contributed by atoms with Crippen LogP contribution in [0.1, 0.15) is 21.5 Å². The molecule has 1 N–H and O–H groups in total. The number of hydrogen-bond donors (Lipinski definition) is 1. The van der Waals surface area contributed by atoms with Gasteiger partial charge in [-0.05, 0) is 36.2 Å². The summed E-state index contributed by atoms with van der Waals surface area (Å²) in [6.45, 7) is 2.58. The first-order valence-corrected chi connectivity index (χ1v) is 6.92. The fourth-order valence-electron chi connectivity index (χ4n) is 2.02. The van der Waals surface area contributed by atoms with Crippen LogP contribution in [0.4, 0.5) is 5.82 Å². The maximum Gasteiger partial charge on any atom is 0.337 e. The van der Waals surface area contributed by atoms with Gasteiger partial charge >= 0.3 is 5.97 Å². The van der Waals surface area contributed by atoms with Crippen molar-refractivity contribution in [2.24, 2.45) is 0 Å². The van der Waals surface area contributed by atoms with Crippen LogP contribution < -0.4 is 4.90 Å². The minimum absolute atomic E-state index is 0.211.